The Morgan fingerprint density at radius 1 is 0.958 bits per heavy atom. The molecule has 4 heteroatoms. The first kappa shape index (κ1) is 17.6. The minimum Gasteiger partial charge on any atom is -0.497 e. The fraction of sp³-hybridized carbons (Fsp3) is 0.700. The summed E-state index contributed by atoms with van der Waals surface area (Å²) in [5, 5.41) is 0. The molecule has 1 aromatic carbocycles. The summed E-state index contributed by atoms with van der Waals surface area (Å²) in [7, 11) is 3.98. The molecule has 134 valence electrons. The number of piperidine rings is 2. The summed E-state index contributed by atoms with van der Waals surface area (Å²) in [5.41, 5.74) is 0. The van der Waals surface area contributed by atoms with Crippen molar-refractivity contribution >= 4 is 0 Å². The van der Waals surface area contributed by atoms with E-state index in [1.54, 1.807) is 7.11 Å². The molecule has 1 unspecified atom stereocenters. The molecule has 0 aromatic heterocycles. The maximum absolute atomic E-state index is 6.12. The van der Waals surface area contributed by atoms with Gasteiger partial charge in [0.1, 0.15) is 17.6 Å². The number of methoxy groups -OCH3 is 1. The van der Waals surface area contributed by atoms with Gasteiger partial charge < -0.3 is 19.3 Å². The molecule has 1 aromatic rings. The second-order valence-electron chi connectivity index (χ2n) is 7.25. The van der Waals surface area contributed by atoms with Gasteiger partial charge in [-0.25, -0.2) is 0 Å². The lowest BCUT2D eigenvalue weighted by atomic mass is 9.99. The monoisotopic (exact) mass is 332 g/mol. The highest BCUT2D eigenvalue weighted by atomic mass is 16.5. The summed E-state index contributed by atoms with van der Waals surface area (Å²) in [6, 6.07) is 8.73. The predicted molar refractivity (Wildman–Crippen MR) is 98.0 cm³/mol. The zero-order chi connectivity index (χ0) is 16.8. The first-order chi connectivity index (χ1) is 11.7. The topological polar surface area (TPSA) is 24.9 Å². The molecule has 2 heterocycles. The van der Waals surface area contributed by atoms with Crippen molar-refractivity contribution < 1.29 is 9.47 Å². The normalized spacial score (nSPS) is 24.0. The van der Waals surface area contributed by atoms with Crippen LogP contribution in [-0.2, 0) is 0 Å². The molecule has 24 heavy (non-hydrogen) atoms. The lowest BCUT2D eigenvalue weighted by Crippen LogP contribution is -2.42. The van der Waals surface area contributed by atoms with Gasteiger partial charge in [0.15, 0.2) is 0 Å². The Kier molecular flexibility index (Phi) is 6.38. The van der Waals surface area contributed by atoms with Gasteiger partial charge in [0, 0.05) is 19.1 Å². The van der Waals surface area contributed by atoms with Crippen LogP contribution in [0.3, 0.4) is 0 Å². The van der Waals surface area contributed by atoms with Crippen molar-refractivity contribution in [3.05, 3.63) is 24.3 Å². The van der Waals surface area contributed by atoms with Crippen molar-refractivity contribution in [3.8, 4) is 11.5 Å². The molecule has 1 atom stereocenters. The van der Waals surface area contributed by atoms with Gasteiger partial charge in [-0.15, -0.1) is 0 Å². The smallest absolute Gasteiger partial charge is 0.119 e. The van der Waals surface area contributed by atoms with E-state index in [1.807, 2.05) is 24.3 Å². The summed E-state index contributed by atoms with van der Waals surface area (Å²) in [5.74, 6) is 1.84. The third-order valence-corrected chi connectivity index (χ3v) is 5.60. The van der Waals surface area contributed by atoms with E-state index in [-0.39, 0.29) is 0 Å². The lowest BCUT2D eigenvalue weighted by Gasteiger charge is -2.36. The zero-order valence-electron chi connectivity index (χ0n) is 15.2. The molecule has 2 aliphatic heterocycles. The number of nitrogens with zero attached hydrogens (tertiary/aromatic N) is 2. The molecule has 2 aliphatic rings. The van der Waals surface area contributed by atoms with Crippen LogP contribution in [0.2, 0.25) is 0 Å². The molecule has 0 radical (unpaired) electrons. The summed E-state index contributed by atoms with van der Waals surface area (Å²) >= 11 is 0. The van der Waals surface area contributed by atoms with Crippen molar-refractivity contribution in [3.63, 3.8) is 0 Å². The SMILES string of the molecule is COc1ccc(OC2CCN(CCC3CCCCN3C)CC2)cc1. The fourth-order valence-corrected chi connectivity index (χ4v) is 3.94. The van der Waals surface area contributed by atoms with Crippen LogP contribution in [0.25, 0.3) is 0 Å². The van der Waals surface area contributed by atoms with Gasteiger partial charge >= 0.3 is 0 Å². The second kappa shape index (κ2) is 8.72. The summed E-state index contributed by atoms with van der Waals surface area (Å²) < 4.78 is 11.3. The molecule has 2 saturated heterocycles. The van der Waals surface area contributed by atoms with Crippen molar-refractivity contribution in [2.24, 2.45) is 0 Å². The van der Waals surface area contributed by atoms with E-state index in [0.717, 1.165) is 43.5 Å². The summed E-state index contributed by atoms with van der Waals surface area (Å²) in [6.07, 6.45) is 8.10. The lowest BCUT2D eigenvalue weighted by molar-refractivity contribution is 0.0890. The van der Waals surface area contributed by atoms with Crippen molar-refractivity contribution in [2.45, 2.75) is 50.7 Å². The largest absolute Gasteiger partial charge is 0.497 e. The maximum Gasteiger partial charge on any atom is 0.119 e. The minimum atomic E-state index is 0.354. The van der Waals surface area contributed by atoms with Gasteiger partial charge in [-0.05, 0) is 76.5 Å². The molecular weight excluding hydrogens is 300 g/mol. The van der Waals surface area contributed by atoms with E-state index in [4.69, 9.17) is 9.47 Å². The molecule has 4 nitrogen and oxygen atoms in total. The van der Waals surface area contributed by atoms with Crippen LogP contribution in [0.15, 0.2) is 24.3 Å². The van der Waals surface area contributed by atoms with Crippen LogP contribution >= 0.6 is 0 Å². The van der Waals surface area contributed by atoms with E-state index in [1.165, 1.54) is 38.8 Å². The van der Waals surface area contributed by atoms with Crippen molar-refractivity contribution in [2.75, 3.05) is 40.3 Å². The first-order valence-electron chi connectivity index (χ1n) is 9.48. The van der Waals surface area contributed by atoms with Crippen LogP contribution in [0, 0.1) is 0 Å². The average molecular weight is 332 g/mol. The van der Waals surface area contributed by atoms with E-state index in [9.17, 15) is 0 Å². The average Bonchev–Trinajstić information content (AvgIpc) is 2.63. The molecule has 0 aliphatic carbocycles. The standard InChI is InChI=1S/C20H32N2O2/c1-21-13-4-3-5-17(21)10-14-22-15-11-20(12-16-22)24-19-8-6-18(23-2)7-9-19/h6-9,17,20H,3-5,10-16H2,1-2H3. The van der Waals surface area contributed by atoms with Crippen LogP contribution < -0.4 is 9.47 Å². The number of benzene rings is 1. The van der Waals surface area contributed by atoms with Gasteiger partial charge in [-0.2, -0.15) is 0 Å². The van der Waals surface area contributed by atoms with Crippen molar-refractivity contribution in [1.82, 2.24) is 9.80 Å². The number of ether oxygens (including phenoxy) is 2. The highest BCUT2D eigenvalue weighted by Crippen LogP contribution is 2.23. The van der Waals surface area contributed by atoms with Crippen LogP contribution in [-0.4, -0.2) is 62.3 Å². The summed E-state index contributed by atoms with van der Waals surface area (Å²) in [6.45, 7) is 4.85. The molecule has 3 rings (SSSR count). The Bertz CT molecular complexity index is 483. The third kappa shape index (κ3) is 4.87. The van der Waals surface area contributed by atoms with Gasteiger partial charge in [0.2, 0.25) is 0 Å². The predicted octanol–water partition coefficient (Wildman–Crippen LogP) is 3.41. The van der Waals surface area contributed by atoms with Crippen molar-refractivity contribution in [1.29, 1.82) is 0 Å². The Labute approximate surface area is 146 Å². The number of hydrogen-bond acceptors (Lipinski definition) is 4. The number of likely N-dealkylation sites (tertiary alicyclic amines) is 2. The Morgan fingerprint density at radius 3 is 2.33 bits per heavy atom. The minimum absolute atomic E-state index is 0.354. The molecule has 0 spiro atoms. The first-order valence-corrected chi connectivity index (χ1v) is 9.48. The maximum atomic E-state index is 6.12. The molecule has 2 fully saturated rings. The Morgan fingerprint density at radius 2 is 1.67 bits per heavy atom. The number of hydrogen-bond donors (Lipinski definition) is 0. The van der Waals surface area contributed by atoms with E-state index < -0.39 is 0 Å². The Hall–Kier alpha value is -1.26. The van der Waals surface area contributed by atoms with E-state index >= 15 is 0 Å². The van der Waals surface area contributed by atoms with E-state index in [0.29, 0.717) is 6.10 Å². The quantitative estimate of drug-likeness (QED) is 0.797. The molecule has 0 saturated carbocycles. The summed E-state index contributed by atoms with van der Waals surface area (Å²) in [4.78, 5) is 5.18. The highest BCUT2D eigenvalue weighted by Gasteiger charge is 2.23. The van der Waals surface area contributed by atoms with Gasteiger partial charge in [0.05, 0.1) is 7.11 Å². The van der Waals surface area contributed by atoms with E-state index in [2.05, 4.69) is 16.8 Å². The van der Waals surface area contributed by atoms with Gasteiger partial charge in [-0.1, -0.05) is 6.42 Å². The third-order valence-electron chi connectivity index (χ3n) is 5.60. The highest BCUT2D eigenvalue weighted by molar-refractivity contribution is 5.31. The molecule has 0 N–H and O–H groups in total. The Balaban J connectivity index is 1.37. The van der Waals surface area contributed by atoms with Crippen LogP contribution in [0.1, 0.15) is 38.5 Å². The second-order valence-corrected chi connectivity index (χ2v) is 7.25. The van der Waals surface area contributed by atoms with Gasteiger partial charge in [0.25, 0.3) is 0 Å². The number of rotatable bonds is 6. The fourth-order valence-electron chi connectivity index (χ4n) is 3.94. The van der Waals surface area contributed by atoms with Gasteiger partial charge in [-0.3, -0.25) is 0 Å². The zero-order valence-corrected chi connectivity index (χ0v) is 15.2. The molecular formula is C20H32N2O2. The molecule has 0 bridgehead atoms. The van der Waals surface area contributed by atoms with Crippen LogP contribution in [0.5, 0.6) is 11.5 Å². The van der Waals surface area contributed by atoms with Crippen LogP contribution in [0.4, 0.5) is 0 Å². The molecule has 0 amide bonds.